The first-order chi connectivity index (χ1) is 10.2. The van der Waals surface area contributed by atoms with Crippen LogP contribution in [0.5, 0.6) is 5.75 Å². The SMILES string of the molecule is COc1ccc2ccnc(Nc3ccc(F)c(Cl)c3)c2c1. The van der Waals surface area contributed by atoms with Crippen molar-refractivity contribution in [1.29, 1.82) is 0 Å². The molecule has 3 aromatic rings. The molecule has 0 bridgehead atoms. The molecule has 1 aromatic heterocycles. The van der Waals surface area contributed by atoms with Gasteiger partial charge >= 0.3 is 0 Å². The molecule has 1 heterocycles. The normalized spacial score (nSPS) is 10.6. The fraction of sp³-hybridized carbons (Fsp3) is 0.0625. The molecule has 21 heavy (non-hydrogen) atoms. The van der Waals surface area contributed by atoms with Crippen molar-refractivity contribution < 1.29 is 9.13 Å². The van der Waals surface area contributed by atoms with Gasteiger partial charge in [0, 0.05) is 17.3 Å². The minimum atomic E-state index is -0.449. The molecule has 0 aliphatic carbocycles. The van der Waals surface area contributed by atoms with Gasteiger partial charge in [-0.25, -0.2) is 9.37 Å². The largest absolute Gasteiger partial charge is 0.497 e. The molecule has 0 saturated carbocycles. The highest BCUT2D eigenvalue weighted by Gasteiger charge is 2.06. The number of pyridine rings is 1. The zero-order chi connectivity index (χ0) is 14.8. The van der Waals surface area contributed by atoms with E-state index in [4.69, 9.17) is 16.3 Å². The molecule has 2 aromatic carbocycles. The first kappa shape index (κ1) is 13.6. The summed E-state index contributed by atoms with van der Waals surface area (Å²) in [4.78, 5) is 4.33. The van der Waals surface area contributed by atoms with Crippen molar-refractivity contribution in [3.63, 3.8) is 0 Å². The van der Waals surface area contributed by atoms with Crippen molar-refractivity contribution in [1.82, 2.24) is 4.98 Å². The number of rotatable bonds is 3. The second-order valence-corrected chi connectivity index (χ2v) is 4.91. The maximum absolute atomic E-state index is 13.2. The molecule has 0 unspecified atom stereocenters. The third-order valence-corrected chi connectivity index (χ3v) is 3.45. The van der Waals surface area contributed by atoms with Gasteiger partial charge in [0.05, 0.1) is 12.1 Å². The van der Waals surface area contributed by atoms with Crippen LogP contribution in [0.25, 0.3) is 10.8 Å². The molecular weight excluding hydrogens is 291 g/mol. The van der Waals surface area contributed by atoms with Gasteiger partial charge in [0.2, 0.25) is 0 Å². The van der Waals surface area contributed by atoms with Gasteiger partial charge in [-0.15, -0.1) is 0 Å². The van der Waals surface area contributed by atoms with Crippen LogP contribution in [0.3, 0.4) is 0 Å². The van der Waals surface area contributed by atoms with Gasteiger partial charge in [0.15, 0.2) is 0 Å². The minimum absolute atomic E-state index is 0.0674. The van der Waals surface area contributed by atoms with E-state index in [0.29, 0.717) is 11.5 Å². The lowest BCUT2D eigenvalue weighted by Gasteiger charge is -2.10. The zero-order valence-corrected chi connectivity index (χ0v) is 12.0. The number of ether oxygens (including phenoxy) is 1. The van der Waals surface area contributed by atoms with Gasteiger partial charge in [0.1, 0.15) is 17.4 Å². The number of nitrogens with zero attached hydrogens (tertiary/aromatic N) is 1. The number of hydrogen-bond acceptors (Lipinski definition) is 3. The summed E-state index contributed by atoms with van der Waals surface area (Å²) >= 11 is 5.79. The molecular formula is C16H12ClFN2O. The third kappa shape index (κ3) is 2.76. The number of hydrogen-bond donors (Lipinski definition) is 1. The average Bonchev–Trinajstić information content (AvgIpc) is 2.51. The van der Waals surface area contributed by atoms with Crippen LogP contribution in [0.15, 0.2) is 48.7 Å². The minimum Gasteiger partial charge on any atom is -0.497 e. The monoisotopic (exact) mass is 302 g/mol. The number of benzene rings is 2. The number of halogens is 2. The predicted octanol–water partition coefficient (Wildman–Crippen LogP) is 4.78. The fourth-order valence-electron chi connectivity index (χ4n) is 2.08. The molecule has 3 nitrogen and oxygen atoms in total. The highest BCUT2D eigenvalue weighted by atomic mass is 35.5. The van der Waals surface area contributed by atoms with Crippen LogP contribution in [0.2, 0.25) is 5.02 Å². The molecule has 0 radical (unpaired) electrons. The summed E-state index contributed by atoms with van der Waals surface area (Å²) in [5.41, 5.74) is 0.671. The van der Waals surface area contributed by atoms with Gasteiger partial charge in [-0.1, -0.05) is 17.7 Å². The second kappa shape index (κ2) is 5.58. The van der Waals surface area contributed by atoms with E-state index < -0.39 is 5.82 Å². The van der Waals surface area contributed by atoms with Crippen LogP contribution >= 0.6 is 11.6 Å². The van der Waals surface area contributed by atoms with Gasteiger partial charge in [-0.05, 0) is 41.8 Å². The van der Waals surface area contributed by atoms with Crippen LogP contribution < -0.4 is 10.1 Å². The van der Waals surface area contributed by atoms with Gasteiger partial charge in [0.25, 0.3) is 0 Å². The Hall–Kier alpha value is -2.33. The average molecular weight is 303 g/mol. The summed E-state index contributed by atoms with van der Waals surface area (Å²) in [6.45, 7) is 0. The van der Waals surface area contributed by atoms with E-state index in [2.05, 4.69) is 10.3 Å². The molecule has 0 spiro atoms. The van der Waals surface area contributed by atoms with E-state index >= 15 is 0 Å². The Kier molecular flexibility index (Phi) is 3.62. The van der Waals surface area contributed by atoms with Gasteiger partial charge < -0.3 is 10.1 Å². The van der Waals surface area contributed by atoms with E-state index in [1.807, 2.05) is 24.3 Å². The Labute approximate surface area is 126 Å². The van der Waals surface area contributed by atoms with Crippen molar-refractivity contribution in [3.8, 4) is 5.75 Å². The quantitative estimate of drug-likeness (QED) is 0.756. The maximum atomic E-state index is 13.2. The Bertz CT molecular complexity index is 807. The molecule has 0 fully saturated rings. The van der Waals surface area contributed by atoms with E-state index in [0.717, 1.165) is 16.5 Å². The van der Waals surface area contributed by atoms with Crippen LogP contribution in [-0.2, 0) is 0 Å². The van der Waals surface area contributed by atoms with Crippen molar-refractivity contribution in [3.05, 3.63) is 59.5 Å². The van der Waals surface area contributed by atoms with Crippen molar-refractivity contribution in [2.24, 2.45) is 0 Å². The molecule has 0 aliphatic heterocycles. The fourth-order valence-corrected chi connectivity index (χ4v) is 2.27. The number of aromatic nitrogens is 1. The highest BCUT2D eigenvalue weighted by Crippen LogP contribution is 2.29. The summed E-state index contributed by atoms with van der Waals surface area (Å²) in [6, 6.07) is 12.1. The summed E-state index contributed by atoms with van der Waals surface area (Å²) in [5.74, 6) is 0.958. The van der Waals surface area contributed by atoms with Crippen LogP contribution in [0.1, 0.15) is 0 Å². The smallest absolute Gasteiger partial charge is 0.141 e. The first-order valence-electron chi connectivity index (χ1n) is 6.32. The number of methoxy groups -OCH3 is 1. The van der Waals surface area contributed by atoms with Crippen LogP contribution in [0, 0.1) is 5.82 Å². The molecule has 0 amide bonds. The van der Waals surface area contributed by atoms with Crippen molar-refractivity contribution >= 4 is 33.9 Å². The number of nitrogens with one attached hydrogen (secondary N) is 1. The third-order valence-electron chi connectivity index (χ3n) is 3.16. The molecule has 3 rings (SSSR count). The summed E-state index contributed by atoms with van der Waals surface area (Å²) in [6.07, 6.45) is 1.71. The van der Waals surface area contributed by atoms with E-state index in [9.17, 15) is 4.39 Å². The summed E-state index contributed by atoms with van der Waals surface area (Å²) in [7, 11) is 1.62. The maximum Gasteiger partial charge on any atom is 0.141 e. The molecule has 0 saturated heterocycles. The Morgan fingerprint density at radius 1 is 1.14 bits per heavy atom. The molecule has 1 N–H and O–H groups in total. The number of anilines is 2. The van der Waals surface area contributed by atoms with Crippen LogP contribution in [0.4, 0.5) is 15.9 Å². The second-order valence-electron chi connectivity index (χ2n) is 4.50. The molecule has 5 heteroatoms. The predicted molar refractivity (Wildman–Crippen MR) is 83.0 cm³/mol. The molecule has 106 valence electrons. The van der Waals surface area contributed by atoms with Crippen LogP contribution in [-0.4, -0.2) is 12.1 Å². The molecule has 0 atom stereocenters. The van der Waals surface area contributed by atoms with Gasteiger partial charge in [-0.2, -0.15) is 0 Å². The summed E-state index contributed by atoms with van der Waals surface area (Å²) < 4.78 is 18.4. The highest BCUT2D eigenvalue weighted by molar-refractivity contribution is 6.31. The topological polar surface area (TPSA) is 34.1 Å². The van der Waals surface area contributed by atoms with Crippen molar-refractivity contribution in [2.75, 3.05) is 12.4 Å². The Morgan fingerprint density at radius 3 is 2.76 bits per heavy atom. The lowest BCUT2D eigenvalue weighted by atomic mass is 10.1. The van der Waals surface area contributed by atoms with E-state index in [1.54, 1.807) is 19.4 Å². The van der Waals surface area contributed by atoms with Gasteiger partial charge in [-0.3, -0.25) is 0 Å². The van der Waals surface area contributed by atoms with E-state index in [-0.39, 0.29) is 5.02 Å². The Morgan fingerprint density at radius 2 is 2.00 bits per heavy atom. The lowest BCUT2D eigenvalue weighted by Crippen LogP contribution is -1.95. The first-order valence-corrected chi connectivity index (χ1v) is 6.70. The zero-order valence-electron chi connectivity index (χ0n) is 11.2. The van der Waals surface area contributed by atoms with Crippen molar-refractivity contribution in [2.45, 2.75) is 0 Å². The lowest BCUT2D eigenvalue weighted by molar-refractivity contribution is 0.415. The number of fused-ring (bicyclic) bond motifs is 1. The molecule has 0 aliphatic rings. The standard InChI is InChI=1S/C16H12ClFN2O/c1-21-12-4-2-10-6-7-19-16(13(10)9-12)20-11-3-5-15(18)14(17)8-11/h2-9H,1H3,(H,19,20). The van der Waals surface area contributed by atoms with E-state index in [1.165, 1.54) is 12.1 Å². The Balaban J connectivity index is 2.05. The summed E-state index contributed by atoms with van der Waals surface area (Å²) in [5, 5.41) is 5.16.